The van der Waals surface area contributed by atoms with Gasteiger partial charge in [0.25, 0.3) is 0 Å². The van der Waals surface area contributed by atoms with Gasteiger partial charge in [0.15, 0.2) is 5.65 Å². The number of aryl methyl sites for hydroxylation is 1. The highest BCUT2D eigenvalue weighted by Gasteiger charge is 2.42. The lowest BCUT2D eigenvalue weighted by molar-refractivity contribution is -0.182. The Morgan fingerprint density at radius 3 is 2.55 bits per heavy atom. The van der Waals surface area contributed by atoms with Crippen molar-refractivity contribution in [2.45, 2.75) is 62.8 Å². The summed E-state index contributed by atoms with van der Waals surface area (Å²) >= 11 is 0. The maximum atomic E-state index is 13.0. The number of ether oxygens (including phenoxy) is 1. The number of fused-ring (bicyclic) bond motifs is 1. The molecule has 1 aliphatic heterocycles. The first-order chi connectivity index (χ1) is 14.7. The number of methoxy groups -OCH3 is 1. The summed E-state index contributed by atoms with van der Waals surface area (Å²) in [6.45, 7) is 1.84. The zero-order valence-electron chi connectivity index (χ0n) is 17.5. The summed E-state index contributed by atoms with van der Waals surface area (Å²) in [6.07, 6.45) is -2.13. The molecule has 2 aliphatic rings. The maximum Gasteiger partial charge on any atom is 0.391 e. The summed E-state index contributed by atoms with van der Waals surface area (Å²) < 4.78 is 58.4. The van der Waals surface area contributed by atoms with Crippen molar-refractivity contribution < 1.29 is 26.9 Å². The van der Waals surface area contributed by atoms with Gasteiger partial charge in [0.1, 0.15) is 0 Å². The van der Waals surface area contributed by atoms with Crippen molar-refractivity contribution in [2.75, 3.05) is 12.9 Å². The van der Waals surface area contributed by atoms with Crippen molar-refractivity contribution in [3.05, 3.63) is 29.2 Å². The van der Waals surface area contributed by atoms with Gasteiger partial charge in [-0.15, -0.1) is 0 Å². The average Bonchev–Trinajstić information content (AvgIpc) is 3.16. The van der Waals surface area contributed by atoms with E-state index >= 15 is 0 Å². The van der Waals surface area contributed by atoms with Crippen molar-refractivity contribution in [2.24, 2.45) is 11.8 Å². The fourth-order valence-corrected chi connectivity index (χ4v) is 6.50. The molecule has 1 aliphatic carbocycles. The molecule has 1 saturated heterocycles. The molecule has 6 nitrogen and oxygen atoms in total. The second-order valence-corrected chi connectivity index (χ2v) is 10.3. The van der Waals surface area contributed by atoms with Crippen molar-refractivity contribution in [1.29, 1.82) is 0 Å². The van der Waals surface area contributed by atoms with Crippen LogP contribution in [0.1, 0.15) is 66.8 Å². The lowest BCUT2D eigenvalue weighted by Gasteiger charge is -2.29. The zero-order chi connectivity index (χ0) is 22.3. The number of aromatic nitrogens is 3. The van der Waals surface area contributed by atoms with Crippen LogP contribution in [0, 0.1) is 18.8 Å². The topological polar surface area (TPSA) is 73.6 Å². The van der Waals surface area contributed by atoms with Gasteiger partial charge in [-0.1, -0.05) is 0 Å². The van der Waals surface area contributed by atoms with Gasteiger partial charge >= 0.3 is 12.1 Å². The SMILES string of the molecule is COC(=O)C1CCS(=O)C(c2cc(C)nc3cc(C4CCC(C(F)(F)F)CC4)nn23)C1. The molecule has 170 valence electrons. The molecule has 0 aromatic carbocycles. The summed E-state index contributed by atoms with van der Waals surface area (Å²) in [4.78, 5) is 16.6. The van der Waals surface area contributed by atoms with Gasteiger partial charge in [-0.3, -0.25) is 9.00 Å². The second-order valence-electron chi connectivity index (χ2n) is 8.57. The van der Waals surface area contributed by atoms with Crippen molar-refractivity contribution >= 4 is 22.4 Å². The van der Waals surface area contributed by atoms with Gasteiger partial charge in [0, 0.05) is 34.2 Å². The number of carbonyl (C=O) groups excluding carboxylic acids is 1. The Labute approximate surface area is 181 Å². The van der Waals surface area contributed by atoms with E-state index < -0.39 is 22.9 Å². The number of hydrogen-bond acceptors (Lipinski definition) is 5. The number of nitrogens with zero attached hydrogens (tertiary/aromatic N) is 3. The van der Waals surface area contributed by atoms with E-state index in [4.69, 9.17) is 4.74 Å². The van der Waals surface area contributed by atoms with Crippen LogP contribution in [-0.4, -0.2) is 43.8 Å². The average molecular weight is 458 g/mol. The lowest BCUT2D eigenvalue weighted by Crippen LogP contribution is -2.29. The molecule has 3 unspecified atom stereocenters. The van der Waals surface area contributed by atoms with E-state index in [1.54, 1.807) is 4.52 Å². The molecule has 3 heterocycles. The van der Waals surface area contributed by atoms with Gasteiger partial charge in [-0.25, -0.2) is 9.50 Å². The number of carbonyl (C=O) groups is 1. The predicted octanol–water partition coefficient (Wildman–Crippen LogP) is 4.25. The molecule has 4 rings (SSSR count). The van der Waals surface area contributed by atoms with Crippen LogP contribution in [0.4, 0.5) is 13.2 Å². The van der Waals surface area contributed by atoms with Crippen LogP contribution in [0.15, 0.2) is 12.1 Å². The minimum Gasteiger partial charge on any atom is -0.469 e. The van der Waals surface area contributed by atoms with Crippen LogP contribution in [0.3, 0.4) is 0 Å². The van der Waals surface area contributed by atoms with E-state index in [-0.39, 0.29) is 35.9 Å². The van der Waals surface area contributed by atoms with Crippen LogP contribution < -0.4 is 0 Å². The summed E-state index contributed by atoms with van der Waals surface area (Å²) in [5.74, 6) is -1.50. The standard InChI is InChI=1S/C21H26F3N3O3S/c1-12-9-17(18-10-14(20(28)30-2)7-8-31(18)29)27-19(25-12)11-16(26-27)13-3-5-15(6-4-13)21(22,23)24/h9,11,13-15,18H,3-8,10H2,1-2H3. The Balaban J connectivity index is 1.63. The Hall–Kier alpha value is -1.97. The number of hydrogen-bond donors (Lipinski definition) is 0. The number of alkyl halides is 3. The molecule has 10 heteroatoms. The summed E-state index contributed by atoms with van der Waals surface area (Å²) in [6, 6.07) is 3.67. The third-order valence-electron chi connectivity index (χ3n) is 6.56. The van der Waals surface area contributed by atoms with Crippen molar-refractivity contribution in [3.8, 4) is 0 Å². The van der Waals surface area contributed by atoms with Gasteiger partial charge in [0.2, 0.25) is 0 Å². The van der Waals surface area contributed by atoms with E-state index in [0.717, 1.165) is 17.1 Å². The number of rotatable bonds is 3. The largest absolute Gasteiger partial charge is 0.469 e. The van der Waals surface area contributed by atoms with Crippen molar-refractivity contribution in [1.82, 2.24) is 14.6 Å². The quantitative estimate of drug-likeness (QED) is 0.645. The molecular formula is C21H26F3N3O3S. The molecular weight excluding hydrogens is 431 g/mol. The molecule has 0 N–H and O–H groups in total. The van der Waals surface area contributed by atoms with Gasteiger partial charge in [-0.05, 0) is 51.5 Å². The smallest absolute Gasteiger partial charge is 0.391 e. The normalized spacial score (nSPS) is 29.8. The predicted molar refractivity (Wildman–Crippen MR) is 109 cm³/mol. The van der Waals surface area contributed by atoms with Crippen molar-refractivity contribution in [3.63, 3.8) is 0 Å². The van der Waals surface area contributed by atoms with E-state index in [1.165, 1.54) is 7.11 Å². The molecule has 0 spiro atoms. The molecule has 31 heavy (non-hydrogen) atoms. The first-order valence-corrected chi connectivity index (χ1v) is 11.9. The molecule has 2 fully saturated rings. The summed E-state index contributed by atoms with van der Waals surface area (Å²) in [5.41, 5.74) is 2.79. The molecule has 2 aromatic rings. The Morgan fingerprint density at radius 1 is 1.19 bits per heavy atom. The fourth-order valence-electron chi connectivity index (χ4n) is 4.81. The highest BCUT2D eigenvalue weighted by molar-refractivity contribution is 7.85. The first-order valence-electron chi connectivity index (χ1n) is 10.6. The fraction of sp³-hybridized carbons (Fsp3) is 0.667. The lowest BCUT2D eigenvalue weighted by atomic mass is 9.80. The molecule has 0 amide bonds. The van der Waals surface area contributed by atoms with E-state index in [9.17, 15) is 22.2 Å². The first kappa shape index (κ1) is 22.2. The van der Waals surface area contributed by atoms with Gasteiger partial charge in [0.05, 0.1) is 35.6 Å². The Morgan fingerprint density at radius 2 is 1.90 bits per heavy atom. The van der Waals surface area contributed by atoms with E-state index in [2.05, 4.69) is 10.1 Å². The van der Waals surface area contributed by atoms with E-state index in [1.807, 2.05) is 19.1 Å². The minimum absolute atomic E-state index is 0.0480. The van der Waals surface area contributed by atoms with Crippen LogP contribution in [0.25, 0.3) is 5.65 Å². The molecule has 2 aromatic heterocycles. The van der Waals surface area contributed by atoms with Crippen LogP contribution >= 0.6 is 0 Å². The highest BCUT2D eigenvalue weighted by atomic mass is 32.2. The van der Waals surface area contributed by atoms with E-state index in [0.29, 0.717) is 37.1 Å². The number of esters is 1. The minimum atomic E-state index is -4.14. The third-order valence-corrected chi connectivity index (χ3v) is 8.26. The van der Waals surface area contributed by atoms with Crippen LogP contribution in [-0.2, 0) is 20.3 Å². The Bertz CT molecular complexity index is 999. The van der Waals surface area contributed by atoms with Gasteiger partial charge in [-0.2, -0.15) is 18.3 Å². The van der Waals surface area contributed by atoms with Crippen LogP contribution in [0.2, 0.25) is 0 Å². The Kier molecular flexibility index (Phi) is 6.11. The molecule has 3 atom stereocenters. The van der Waals surface area contributed by atoms with Crippen LogP contribution in [0.5, 0.6) is 0 Å². The highest BCUT2D eigenvalue weighted by Crippen LogP contribution is 2.43. The molecule has 1 saturated carbocycles. The third kappa shape index (κ3) is 4.49. The second kappa shape index (κ2) is 8.52. The monoisotopic (exact) mass is 457 g/mol. The molecule has 0 bridgehead atoms. The summed E-state index contributed by atoms with van der Waals surface area (Å²) in [7, 11) is 0.188. The van der Waals surface area contributed by atoms with Gasteiger partial charge < -0.3 is 4.74 Å². The maximum absolute atomic E-state index is 13.0. The zero-order valence-corrected chi connectivity index (χ0v) is 18.3. The molecule has 0 radical (unpaired) electrons. The summed E-state index contributed by atoms with van der Waals surface area (Å²) in [5, 5.41) is 4.31. The number of halogens is 3.